The Bertz CT molecular complexity index is 580. The van der Waals surface area contributed by atoms with Crippen molar-refractivity contribution >= 4 is 21.8 Å². The second-order valence-electron chi connectivity index (χ2n) is 7.88. The molecule has 4 heteroatoms. The summed E-state index contributed by atoms with van der Waals surface area (Å²) < 4.78 is 6.75. The van der Waals surface area contributed by atoms with Gasteiger partial charge in [0, 0.05) is 5.54 Å². The van der Waals surface area contributed by atoms with E-state index in [1.807, 2.05) is 31.2 Å². The Hall–Kier alpha value is -1.03. The van der Waals surface area contributed by atoms with Gasteiger partial charge in [-0.05, 0) is 91.3 Å². The summed E-state index contributed by atoms with van der Waals surface area (Å²) in [6.45, 7) is 1.84. The van der Waals surface area contributed by atoms with E-state index in [1.165, 1.54) is 38.5 Å². The quantitative estimate of drug-likeness (QED) is 0.848. The molecule has 5 rings (SSSR count). The van der Waals surface area contributed by atoms with Crippen LogP contribution in [0.3, 0.4) is 0 Å². The van der Waals surface area contributed by atoms with Gasteiger partial charge in [0.25, 0.3) is 5.91 Å². The molecule has 124 valence electrons. The number of carbonyl (C=O) groups is 1. The lowest BCUT2D eigenvalue weighted by molar-refractivity contribution is -0.133. The molecule has 4 saturated carbocycles. The van der Waals surface area contributed by atoms with Gasteiger partial charge >= 0.3 is 0 Å². The van der Waals surface area contributed by atoms with Crippen molar-refractivity contribution < 1.29 is 9.53 Å². The number of para-hydroxylation sites is 1. The van der Waals surface area contributed by atoms with Gasteiger partial charge in [0.2, 0.25) is 0 Å². The molecule has 4 fully saturated rings. The smallest absolute Gasteiger partial charge is 0.261 e. The summed E-state index contributed by atoms with van der Waals surface area (Å²) in [4.78, 5) is 12.7. The minimum Gasteiger partial charge on any atom is -0.480 e. The number of hydrogen-bond donors (Lipinski definition) is 1. The Morgan fingerprint density at radius 1 is 1.17 bits per heavy atom. The number of hydrogen-bond acceptors (Lipinski definition) is 2. The van der Waals surface area contributed by atoms with Gasteiger partial charge in [-0.3, -0.25) is 4.79 Å². The van der Waals surface area contributed by atoms with E-state index in [4.69, 9.17) is 4.74 Å². The number of carbonyl (C=O) groups excluding carboxylic acids is 1. The monoisotopic (exact) mass is 377 g/mol. The van der Waals surface area contributed by atoms with Crippen molar-refractivity contribution in [1.82, 2.24) is 5.32 Å². The molecule has 0 heterocycles. The van der Waals surface area contributed by atoms with Gasteiger partial charge in [0.15, 0.2) is 6.10 Å². The van der Waals surface area contributed by atoms with Gasteiger partial charge in [0.1, 0.15) is 5.75 Å². The Labute approximate surface area is 146 Å². The number of halogens is 1. The lowest BCUT2D eigenvalue weighted by Gasteiger charge is -2.57. The van der Waals surface area contributed by atoms with Gasteiger partial charge in [0.05, 0.1) is 4.47 Å². The van der Waals surface area contributed by atoms with Crippen LogP contribution in [0.15, 0.2) is 28.7 Å². The van der Waals surface area contributed by atoms with E-state index in [2.05, 4.69) is 21.2 Å². The molecule has 1 unspecified atom stereocenters. The summed E-state index contributed by atoms with van der Waals surface area (Å²) in [5, 5.41) is 3.38. The van der Waals surface area contributed by atoms with E-state index in [1.54, 1.807) is 0 Å². The highest BCUT2D eigenvalue weighted by Gasteiger charge is 2.51. The molecule has 4 aliphatic rings. The molecule has 0 radical (unpaired) electrons. The number of ether oxygens (including phenoxy) is 1. The van der Waals surface area contributed by atoms with Crippen LogP contribution in [0.2, 0.25) is 0 Å². The van der Waals surface area contributed by atoms with Gasteiger partial charge in [-0.15, -0.1) is 0 Å². The van der Waals surface area contributed by atoms with Crippen molar-refractivity contribution in [3.05, 3.63) is 28.7 Å². The van der Waals surface area contributed by atoms with Crippen LogP contribution in [0.4, 0.5) is 0 Å². The minimum absolute atomic E-state index is 0.0303. The van der Waals surface area contributed by atoms with E-state index < -0.39 is 6.10 Å². The summed E-state index contributed by atoms with van der Waals surface area (Å²) in [5.74, 6) is 3.26. The normalized spacial score (nSPS) is 35.8. The molecule has 1 atom stereocenters. The minimum atomic E-state index is -0.471. The molecule has 4 bridgehead atoms. The number of amides is 1. The molecular formula is C19H24BrNO2. The molecule has 0 aliphatic heterocycles. The molecule has 0 saturated heterocycles. The van der Waals surface area contributed by atoms with Crippen molar-refractivity contribution in [2.45, 2.75) is 57.1 Å². The first-order valence-corrected chi connectivity index (χ1v) is 9.55. The molecule has 0 spiro atoms. The average Bonchev–Trinajstić information content (AvgIpc) is 2.47. The number of nitrogens with one attached hydrogen (secondary N) is 1. The Kier molecular flexibility index (Phi) is 3.91. The molecule has 0 aromatic heterocycles. The van der Waals surface area contributed by atoms with Crippen LogP contribution in [-0.2, 0) is 4.79 Å². The van der Waals surface area contributed by atoms with Gasteiger partial charge in [-0.25, -0.2) is 0 Å². The highest BCUT2D eigenvalue weighted by Crippen LogP contribution is 2.55. The summed E-state index contributed by atoms with van der Waals surface area (Å²) in [6, 6.07) is 7.68. The van der Waals surface area contributed by atoms with Crippen molar-refractivity contribution in [1.29, 1.82) is 0 Å². The SMILES string of the molecule is CC(Oc1ccccc1Br)C(=O)NC12CC3CC(CC(C3)C1)C2. The van der Waals surface area contributed by atoms with Crippen LogP contribution >= 0.6 is 15.9 Å². The topological polar surface area (TPSA) is 38.3 Å². The van der Waals surface area contributed by atoms with Crippen molar-refractivity contribution in [2.24, 2.45) is 17.8 Å². The van der Waals surface area contributed by atoms with E-state index >= 15 is 0 Å². The third-order valence-electron chi connectivity index (χ3n) is 5.94. The third-order valence-corrected chi connectivity index (χ3v) is 6.59. The zero-order chi connectivity index (χ0) is 16.0. The zero-order valence-corrected chi connectivity index (χ0v) is 15.1. The fourth-order valence-electron chi connectivity index (χ4n) is 5.41. The predicted molar refractivity (Wildman–Crippen MR) is 93.3 cm³/mol. The summed E-state index contributed by atoms with van der Waals surface area (Å²) in [7, 11) is 0. The van der Waals surface area contributed by atoms with Gasteiger partial charge in [-0.1, -0.05) is 12.1 Å². The Morgan fingerprint density at radius 3 is 2.30 bits per heavy atom. The lowest BCUT2D eigenvalue weighted by atomic mass is 9.53. The zero-order valence-electron chi connectivity index (χ0n) is 13.6. The first kappa shape index (κ1) is 15.5. The second-order valence-corrected chi connectivity index (χ2v) is 8.73. The van der Waals surface area contributed by atoms with E-state index in [0.717, 1.165) is 28.0 Å². The fraction of sp³-hybridized carbons (Fsp3) is 0.632. The molecule has 23 heavy (non-hydrogen) atoms. The molecule has 4 aliphatic carbocycles. The summed E-state index contributed by atoms with van der Waals surface area (Å²) in [6.07, 6.45) is 7.21. The molecule has 1 amide bonds. The van der Waals surface area contributed by atoms with Crippen molar-refractivity contribution in [3.63, 3.8) is 0 Å². The molecular weight excluding hydrogens is 354 g/mol. The molecule has 1 aromatic carbocycles. The summed E-state index contributed by atoms with van der Waals surface area (Å²) >= 11 is 3.47. The van der Waals surface area contributed by atoms with Crippen LogP contribution in [0.25, 0.3) is 0 Å². The maximum Gasteiger partial charge on any atom is 0.261 e. The molecule has 1 N–H and O–H groups in total. The third kappa shape index (κ3) is 3.02. The molecule has 1 aromatic rings. The van der Waals surface area contributed by atoms with Gasteiger partial charge < -0.3 is 10.1 Å². The van der Waals surface area contributed by atoms with Gasteiger partial charge in [-0.2, -0.15) is 0 Å². The highest BCUT2D eigenvalue weighted by atomic mass is 79.9. The second kappa shape index (κ2) is 5.80. The first-order chi connectivity index (χ1) is 11.0. The lowest BCUT2D eigenvalue weighted by Crippen LogP contribution is -2.61. The van der Waals surface area contributed by atoms with Crippen molar-refractivity contribution in [2.75, 3.05) is 0 Å². The van der Waals surface area contributed by atoms with Crippen LogP contribution in [0.5, 0.6) is 5.75 Å². The molecule has 3 nitrogen and oxygen atoms in total. The first-order valence-electron chi connectivity index (χ1n) is 8.76. The van der Waals surface area contributed by atoms with Crippen LogP contribution in [0, 0.1) is 17.8 Å². The average molecular weight is 378 g/mol. The van der Waals surface area contributed by atoms with Crippen LogP contribution in [-0.4, -0.2) is 17.6 Å². The highest BCUT2D eigenvalue weighted by molar-refractivity contribution is 9.10. The Balaban J connectivity index is 1.42. The van der Waals surface area contributed by atoms with Crippen LogP contribution in [0.1, 0.15) is 45.4 Å². The van der Waals surface area contributed by atoms with Crippen molar-refractivity contribution in [3.8, 4) is 5.75 Å². The van der Waals surface area contributed by atoms with Crippen LogP contribution < -0.4 is 10.1 Å². The largest absolute Gasteiger partial charge is 0.480 e. The summed E-state index contributed by atoms with van der Waals surface area (Å²) in [5.41, 5.74) is 0.0529. The number of benzene rings is 1. The number of rotatable bonds is 4. The standard InChI is InChI=1S/C19H24BrNO2/c1-12(23-17-5-3-2-4-16(17)20)18(22)21-19-9-13-6-14(10-19)8-15(7-13)11-19/h2-5,12-15H,6-11H2,1H3,(H,21,22). The maximum atomic E-state index is 12.7. The van der Waals surface area contributed by atoms with E-state index in [0.29, 0.717) is 0 Å². The van der Waals surface area contributed by atoms with E-state index in [9.17, 15) is 4.79 Å². The maximum absolute atomic E-state index is 12.7. The Morgan fingerprint density at radius 2 is 1.74 bits per heavy atom. The fourth-order valence-corrected chi connectivity index (χ4v) is 5.79. The van der Waals surface area contributed by atoms with E-state index in [-0.39, 0.29) is 11.4 Å². The predicted octanol–water partition coefficient (Wildman–Crippen LogP) is 4.30.